The number of ether oxygens (including phenoxy) is 1. The Morgan fingerprint density at radius 2 is 2.06 bits per heavy atom. The number of nitrogens with one attached hydrogen (secondary N) is 2. The van der Waals surface area contributed by atoms with Crippen LogP contribution in [-0.2, 0) is 6.61 Å². The number of H-pyrrole nitrogens is 1. The maximum atomic E-state index is 13.3. The number of carbonyl (C=O) groups is 1. The Morgan fingerprint density at radius 3 is 2.79 bits per heavy atom. The second-order valence-corrected chi connectivity index (χ2v) is 8.77. The first-order chi connectivity index (χ1) is 16.7. The van der Waals surface area contributed by atoms with E-state index in [0.29, 0.717) is 36.9 Å². The highest BCUT2D eigenvalue weighted by atomic mass is 16.5. The number of aromatic nitrogens is 3. The molecular formula is C26H33N5O3. The summed E-state index contributed by atoms with van der Waals surface area (Å²) in [5, 5.41) is 19.3. The number of hydrogen-bond acceptors (Lipinski definition) is 5. The fraction of sp³-hybridized carbons (Fsp3) is 0.423. The normalized spacial score (nSPS) is 14.0. The number of anilines is 1. The Hall–Kier alpha value is -3.39. The molecule has 3 aromatic rings. The van der Waals surface area contributed by atoms with Gasteiger partial charge in [-0.3, -0.25) is 10.1 Å². The largest absolute Gasteiger partial charge is 0.485 e. The average Bonchev–Trinajstić information content (AvgIpc) is 3.42. The third-order valence-corrected chi connectivity index (χ3v) is 6.23. The molecular weight excluding hydrogens is 430 g/mol. The molecule has 2 amide bonds. The van der Waals surface area contributed by atoms with Gasteiger partial charge in [-0.15, -0.1) is 0 Å². The van der Waals surface area contributed by atoms with E-state index in [9.17, 15) is 9.90 Å². The summed E-state index contributed by atoms with van der Waals surface area (Å²) in [7, 11) is 0. The molecule has 0 atom stereocenters. The molecule has 2 aromatic heterocycles. The molecule has 1 fully saturated rings. The van der Waals surface area contributed by atoms with E-state index < -0.39 is 0 Å². The number of urea groups is 1. The monoisotopic (exact) mass is 463 g/mol. The summed E-state index contributed by atoms with van der Waals surface area (Å²) in [5.74, 6) is 1.08. The van der Waals surface area contributed by atoms with Crippen LogP contribution in [0.5, 0.6) is 5.75 Å². The lowest BCUT2D eigenvalue weighted by molar-refractivity contribution is 0.181. The minimum Gasteiger partial charge on any atom is -0.485 e. The van der Waals surface area contributed by atoms with Gasteiger partial charge in [0.05, 0.1) is 17.6 Å². The van der Waals surface area contributed by atoms with Crippen LogP contribution in [0.1, 0.15) is 44.2 Å². The third-order valence-electron chi connectivity index (χ3n) is 6.23. The van der Waals surface area contributed by atoms with Gasteiger partial charge in [0, 0.05) is 37.7 Å². The van der Waals surface area contributed by atoms with Crippen LogP contribution in [-0.4, -0.2) is 50.9 Å². The Labute approximate surface area is 200 Å². The van der Waals surface area contributed by atoms with Crippen molar-refractivity contribution in [2.24, 2.45) is 5.92 Å². The molecule has 1 aliphatic rings. The molecule has 0 bridgehead atoms. The molecule has 180 valence electrons. The minimum atomic E-state index is -0.169. The highest BCUT2D eigenvalue weighted by Crippen LogP contribution is 2.32. The van der Waals surface area contributed by atoms with Crippen molar-refractivity contribution in [2.45, 2.75) is 45.1 Å². The lowest BCUT2D eigenvalue weighted by atomic mass is 9.89. The number of pyridine rings is 1. The van der Waals surface area contributed by atoms with E-state index >= 15 is 0 Å². The predicted molar refractivity (Wildman–Crippen MR) is 131 cm³/mol. The van der Waals surface area contributed by atoms with Crippen LogP contribution < -0.4 is 10.1 Å². The van der Waals surface area contributed by atoms with Crippen molar-refractivity contribution in [1.29, 1.82) is 0 Å². The van der Waals surface area contributed by atoms with Crippen molar-refractivity contribution in [3.8, 4) is 16.9 Å². The van der Waals surface area contributed by atoms with E-state index in [4.69, 9.17) is 4.74 Å². The average molecular weight is 464 g/mol. The molecule has 34 heavy (non-hydrogen) atoms. The first kappa shape index (κ1) is 23.8. The van der Waals surface area contributed by atoms with E-state index in [-0.39, 0.29) is 19.2 Å². The summed E-state index contributed by atoms with van der Waals surface area (Å²) < 4.78 is 6.11. The zero-order chi connectivity index (χ0) is 23.6. The van der Waals surface area contributed by atoms with E-state index in [2.05, 4.69) is 20.5 Å². The highest BCUT2D eigenvalue weighted by molar-refractivity contribution is 5.91. The number of rotatable bonds is 10. The fourth-order valence-corrected chi connectivity index (χ4v) is 4.38. The van der Waals surface area contributed by atoms with Gasteiger partial charge in [-0.25, -0.2) is 4.79 Å². The number of hydrogen-bond donors (Lipinski definition) is 3. The highest BCUT2D eigenvalue weighted by Gasteiger charge is 2.22. The van der Waals surface area contributed by atoms with Crippen molar-refractivity contribution in [3.63, 3.8) is 0 Å². The number of aliphatic hydroxyl groups is 1. The van der Waals surface area contributed by atoms with Crippen molar-refractivity contribution < 1.29 is 14.6 Å². The van der Waals surface area contributed by atoms with E-state index in [1.54, 1.807) is 12.4 Å². The molecule has 8 nitrogen and oxygen atoms in total. The molecule has 1 aromatic carbocycles. The second kappa shape index (κ2) is 12.2. The second-order valence-electron chi connectivity index (χ2n) is 8.77. The van der Waals surface area contributed by atoms with Crippen LogP contribution in [0.2, 0.25) is 0 Å². The number of benzene rings is 1. The fourth-order valence-electron chi connectivity index (χ4n) is 4.38. The Balaban J connectivity index is 1.52. The maximum Gasteiger partial charge on any atom is 0.321 e. The Kier molecular flexibility index (Phi) is 8.51. The van der Waals surface area contributed by atoms with Crippen molar-refractivity contribution in [1.82, 2.24) is 20.1 Å². The molecule has 1 saturated carbocycles. The molecule has 0 radical (unpaired) electrons. The van der Waals surface area contributed by atoms with Gasteiger partial charge in [0.15, 0.2) is 0 Å². The number of aliphatic hydroxyl groups excluding tert-OH is 1. The van der Waals surface area contributed by atoms with E-state index in [1.807, 2.05) is 47.5 Å². The molecule has 0 saturated heterocycles. The third kappa shape index (κ3) is 6.57. The van der Waals surface area contributed by atoms with Gasteiger partial charge in [-0.2, -0.15) is 5.10 Å². The maximum absolute atomic E-state index is 13.3. The van der Waals surface area contributed by atoms with Gasteiger partial charge >= 0.3 is 6.03 Å². The summed E-state index contributed by atoms with van der Waals surface area (Å²) in [6.45, 7) is 1.58. The van der Waals surface area contributed by atoms with Crippen LogP contribution in [0.25, 0.3) is 11.1 Å². The van der Waals surface area contributed by atoms with Crippen LogP contribution in [0.3, 0.4) is 0 Å². The summed E-state index contributed by atoms with van der Waals surface area (Å²) in [6, 6.07) is 11.2. The molecule has 2 heterocycles. The smallest absolute Gasteiger partial charge is 0.321 e. The molecule has 0 unspecified atom stereocenters. The lowest BCUT2D eigenvalue weighted by Gasteiger charge is -2.30. The summed E-state index contributed by atoms with van der Waals surface area (Å²) >= 11 is 0. The molecule has 0 spiro atoms. The van der Waals surface area contributed by atoms with Gasteiger partial charge in [-0.1, -0.05) is 31.4 Å². The zero-order valence-corrected chi connectivity index (χ0v) is 19.4. The van der Waals surface area contributed by atoms with Gasteiger partial charge in [-0.05, 0) is 55.0 Å². The van der Waals surface area contributed by atoms with Gasteiger partial charge in [0.25, 0.3) is 0 Å². The van der Waals surface area contributed by atoms with Crippen LogP contribution in [0, 0.1) is 5.92 Å². The van der Waals surface area contributed by atoms with Crippen molar-refractivity contribution in [3.05, 3.63) is 60.7 Å². The van der Waals surface area contributed by atoms with Gasteiger partial charge in [0.2, 0.25) is 0 Å². The van der Waals surface area contributed by atoms with Crippen molar-refractivity contribution >= 4 is 11.7 Å². The SMILES string of the molecule is O=C(Nc1ccc(-c2cn[nH]c2)cc1OCc1ccccn1)N(CCCO)CC1CCCCC1. The minimum absolute atomic E-state index is 0.0618. The summed E-state index contributed by atoms with van der Waals surface area (Å²) in [6.07, 6.45) is 11.9. The van der Waals surface area contributed by atoms with Crippen molar-refractivity contribution in [2.75, 3.05) is 25.0 Å². The number of amides is 2. The van der Waals surface area contributed by atoms with E-state index in [1.165, 1.54) is 19.3 Å². The van der Waals surface area contributed by atoms with E-state index in [0.717, 1.165) is 29.7 Å². The lowest BCUT2D eigenvalue weighted by Crippen LogP contribution is -2.40. The standard InChI is InChI=1S/C26H33N5O3/c32-14-6-13-31(18-20-7-2-1-3-8-20)26(33)30-24-11-10-21(22-16-28-29-17-22)15-25(24)34-19-23-9-4-5-12-27-23/h4-5,9-12,15-17,20,32H,1-3,6-8,13-14,18-19H2,(H,28,29)(H,30,33). The molecule has 8 heteroatoms. The number of nitrogens with zero attached hydrogens (tertiary/aromatic N) is 3. The molecule has 3 N–H and O–H groups in total. The molecule has 0 aliphatic heterocycles. The Morgan fingerprint density at radius 1 is 1.18 bits per heavy atom. The van der Waals surface area contributed by atoms with Gasteiger partial charge in [0.1, 0.15) is 12.4 Å². The first-order valence-electron chi connectivity index (χ1n) is 12.1. The molecule has 4 rings (SSSR count). The van der Waals surface area contributed by atoms with Crippen LogP contribution >= 0.6 is 0 Å². The van der Waals surface area contributed by atoms with Crippen LogP contribution in [0.4, 0.5) is 10.5 Å². The zero-order valence-electron chi connectivity index (χ0n) is 19.4. The first-order valence-corrected chi connectivity index (χ1v) is 12.1. The number of aromatic amines is 1. The topological polar surface area (TPSA) is 103 Å². The molecule has 1 aliphatic carbocycles. The Bertz CT molecular complexity index is 1020. The van der Waals surface area contributed by atoms with Gasteiger partial charge < -0.3 is 20.1 Å². The predicted octanol–water partition coefficient (Wildman–Crippen LogP) is 4.85. The quantitative estimate of drug-likeness (QED) is 0.399. The summed E-state index contributed by atoms with van der Waals surface area (Å²) in [5.41, 5.74) is 3.27. The summed E-state index contributed by atoms with van der Waals surface area (Å²) in [4.78, 5) is 19.4. The van der Waals surface area contributed by atoms with Crippen LogP contribution in [0.15, 0.2) is 55.0 Å². The number of carbonyl (C=O) groups excluding carboxylic acids is 1.